The smallest absolute Gasteiger partial charge is 0.275 e. The van der Waals surface area contributed by atoms with Crippen LogP contribution in [0.2, 0.25) is 0 Å². The summed E-state index contributed by atoms with van der Waals surface area (Å²) in [5.74, 6) is 0.556. The average Bonchev–Trinajstić information content (AvgIpc) is 3.07. The van der Waals surface area contributed by atoms with Crippen LogP contribution < -0.4 is 5.32 Å². The van der Waals surface area contributed by atoms with Gasteiger partial charge in [0.15, 0.2) is 5.69 Å². The van der Waals surface area contributed by atoms with E-state index >= 15 is 0 Å². The lowest BCUT2D eigenvalue weighted by Gasteiger charge is -2.34. The van der Waals surface area contributed by atoms with Crippen molar-refractivity contribution >= 4 is 5.91 Å². The highest BCUT2D eigenvalue weighted by atomic mass is 16.5. The van der Waals surface area contributed by atoms with Crippen LogP contribution in [0.5, 0.6) is 0 Å². The van der Waals surface area contributed by atoms with Crippen molar-refractivity contribution in [1.82, 2.24) is 15.2 Å². The molecular formula is C14H21N3O3. The molecule has 1 aromatic heterocycles. The third-order valence-electron chi connectivity index (χ3n) is 3.81. The van der Waals surface area contributed by atoms with Crippen LogP contribution in [0.1, 0.15) is 49.1 Å². The van der Waals surface area contributed by atoms with E-state index in [4.69, 9.17) is 9.15 Å². The van der Waals surface area contributed by atoms with Crippen LogP contribution in [0.15, 0.2) is 10.7 Å². The van der Waals surface area contributed by atoms with Crippen molar-refractivity contribution in [3.63, 3.8) is 0 Å². The van der Waals surface area contributed by atoms with Gasteiger partial charge < -0.3 is 19.4 Å². The summed E-state index contributed by atoms with van der Waals surface area (Å²) in [4.78, 5) is 18.6. The number of carbonyl (C=O) groups is 1. The number of nitrogens with zero attached hydrogens (tertiary/aromatic N) is 2. The summed E-state index contributed by atoms with van der Waals surface area (Å²) in [5, 5.41) is 3.32. The van der Waals surface area contributed by atoms with E-state index in [0.29, 0.717) is 24.7 Å². The lowest BCUT2D eigenvalue weighted by molar-refractivity contribution is -0.0587. The molecule has 6 nitrogen and oxygen atoms in total. The first-order chi connectivity index (χ1) is 9.63. The molecular weight excluding hydrogens is 258 g/mol. The van der Waals surface area contributed by atoms with E-state index < -0.39 is 0 Å². The molecule has 3 atom stereocenters. The van der Waals surface area contributed by atoms with Crippen molar-refractivity contribution in [3.05, 3.63) is 17.8 Å². The number of hydrogen-bond donors (Lipinski definition) is 1. The Morgan fingerprint density at radius 2 is 2.15 bits per heavy atom. The van der Waals surface area contributed by atoms with Gasteiger partial charge in [0.05, 0.1) is 18.2 Å². The van der Waals surface area contributed by atoms with Crippen LogP contribution in [0, 0.1) is 0 Å². The maximum Gasteiger partial charge on any atom is 0.275 e. The van der Waals surface area contributed by atoms with Crippen LogP contribution in [0.3, 0.4) is 0 Å². The van der Waals surface area contributed by atoms with Crippen LogP contribution in [-0.4, -0.2) is 47.6 Å². The van der Waals surface area contributed by atoms with Gasteiger partial charge in [0, 0.05) is 13.1 Å². The molecule has 3 rings (SSSR count). The molecule has 110 valence electrons. The second-order valence-electron chi connectivity index (χ2n) is 5.69. The van der Waals surface area contributed by atoms with Crippen LogP contribution in [0.4, 0.5) is 0 Å². The number of morpholine rings is 1. The first-order valence-corrected chi connectivity index (χ1v) is 7.27. The fraction of sp³-hybridized carbons (Fsp3) is 0.714. The molecule has 0 bridgehead atoms. The van der Waals surface area contributed by atoms with Gasteiger partial charge in [-0.05, 0) is 33.2 Å². The summed E-state index contributed by atoms with van der Waals surface area (Å²) in [6.45, 7) is 6.15. The van der Waals surface area contributed by atoms with Gasteiger partial charge >= 0.3 is 0 Å². The number of aromatic nitrogens is 1. The zero-order valence-electron chi connectivity index (χ0n) is 12.0. The van der Waals surface area contributed by atoms with Crippen LogP contribution >= 0.6 is 0 Å². The molecule has 2 aliphatic rings. The zero-order chi connectivity index (χ0) is 14.1. The quantitative estimate of drug-likeness (QED) is 0.885. The predicted octanol–water partition coefficient (Wildman–Crippen LogP) is 1.35. The molecule has 1 amide bonds. The van der Waals surface area contributed by atoms with E-state index in [1.54, 1.807) is 4.90 Å². The number of nitrogens with one attached hydrogen (secondary N) is 1. The van der Waals surface area contributed by atoms with Gasteiger partial charge in [0.2, 0.25) is 5.89 Å². The molecule has 0 aliphatic carbocycles. The normalized spacial score (nSPS) is 30.7. The number of rotatable bonds is 2. The standard InChI is InChI=1S/C14H21N3O3/c1-9-6-17(7-10(2)20-9)14(18)12-8-19-13(16-12)11-4-3-5-15-11/h8-11,15H,3-7H2,1-2H3. The van der Waals surface area contributed by atoms with E-state index in [1.807, 2.05) is 13.8 Å². The van der Waals surface area contributed by atoms with Gasteiger partial charge in [-0.3, -0.25) is 4.79 Å². The minimum Gasteiger partial charge on any atom is -0.446 e. The molecule has 6 heteroatoms. The van der Waals surface area contributed by atoms with Gasteiger partial charge in [0.1, 0.15) is 6.26 Å². The first-order valence-electron chi connectivity index (χ1n) is 7.27. The Bertz CT molecular complexity index is 472. The Labute approximate surface area is 118 Å². The van der Waals surface area contributed by atoms with Crippen molar-refractivity contribution in [3.8, 4) is 0 Å². The second kappa shape index (κ2) is 5.54. The maximum absolute atomic E-state index is 12.4. The van der Waals surface area contributed by atoms with Crippen molar-refractivity contribution in [2.75, 3.05) is 19.6 Å². The van der Waals surface area contributed by atoms with E-state index in [-0.39, 0.29) is 24.2 Å². The topological polar surface area (TPSA) is 67.6 Å². The molecule has 20 heavy (non-hydrogen) atoms. The Hall–Kier alpha value is -1.40. The summed E-state index contributed by atoms with van der Waals surface area (Å²) in [7, 11) is 0. The third kappa shape index (κ3) is 2.71. The fourth-order valence-electron chi connectivity index (χ4n) is 2.95. The van der Waals surface area contributed by atoms with Gasteiger partial charge in [-0.25, -0.2) is 4.98 Å². The summed E-state index contributed by atoms with van der Waals surface area (Å²) in [6, 6.07) is 0.152. The summed E-state index contributed by atoms with van der Waals surface area (Å²) < 4.78 is 11.1. The first kappa shape index (κ1) is 13.6. The Balaban J connectivity index is 1.70. The molecule has 1 aromatic rings. The predicted molar refractivity (Wildman–Crippen MR) is 72.4 cm³/mol. The van der Waals surface area contributed by atoms with Crippen molar-refractivity contribution in [1.29, 1.82) is 0 Å². The number of ether oxygens (including phenoxy) is 1. The van der Waals surface area contributed by atoms with Crippen molar-refractivity contribution in [2.45, 2.75) is 44.9 Å². The van der Waals surface area contributed by atoms with Crippen LogP contribution in [-0.2, 0) is 4.74 Å². The van der Waals surface area contributed by atoms with E-state index in [0.717, 1.165) is 19.4 Å². The molecule has 0 spiro atoms. The number of hydrogen-bond acceptors (Lipinski definition) is 5. The summed E-state index contributed by atoms with van der Waals surface area (Å²) in [5.41, 5.74) is 0.398. The Morgan fingerprint density at radius 1 is 1.40 bits per heavy atom. The van der Waals surface area contributed by atoms with Gasteiger partial charge in [-0.15, -0.1) is 0 Å². The number of amides is 1. The highest BCUT2D eigenvalue weighted by molar-refractivity contribution is 5.92. The van der Waals surface area contributed by atoms with Crippen molar-refractivity contribution < 1.29 is 13.9 Å². The number of carbonyl (C=O) groups excluding carboxylic acids is 1. The number of oxazole rings is 1. The van der Waals surface area contributed by atoms with E-state index in [2.05, 4.69) is 10.3 Å². The molecule has 3 unspecified atom stereocenters. The maximum atomic E-state index is 12.4. The minimum atomic E-state index is -0.0694. The van der Waals surface area contributed by atoms with Gasteiger partial charge in [0.25, 0.3) is 5.91 Å². The summed E-state index contributed by atoms with van der Waals surface area (Å²) in [6.07, 6.45) is 3.73. The molecule has 3 heterocycles. The molecule has 2 fully saturated rings. The lowest BCUT2D eigenvalue weighted by atomic mass is 10.2. The zero-order valence-corrected chi connectivity index (χ0v) is 12.0. The lowest BCUT2D eigenvalue weighted by Crippen LogP contribution is -2.48. The van der Waals surface area contributed by atoms with Gasteiger partial charge in [-0.1, -0.05) is 0 Å². The highest BCUT2D eigenvalue weighted by Crippen LogP contribution is 2.23. The Kier molecular flexibility index (Phi) is 3.76. The third-order valence-corrected chi connectivity index (χ3v) is 3.81. The molecule has 0 aromatic carbocycles. The minimum absolute atomic E-state index is 0.0607. The molecule has 0 radical (unpaired) electrons. The molecule has 2 saturated heterocycles. The average molecular weight is 279 g/mol. The van der Waals surface area contributed by atoms with Crippen LogP contribution in [0.25, 0.3) is 0 Å². The largest absolute Gasteiger partial charge is 0.446 e. The SMILES string of the molecule is CC1CN(C(=O)c2coc(C3CCCN3)n2)CC(C)O1. The molecule has 1 N–H and O–H groups in total. The van der Waals surface area contributed by atoms with Crippen molar-refractivity contribution in [2.24, 2.45) is 0 Å². The van der Waals surface area contributed by atoms with E-state index in [9.17, 15) is 4.79 Å². The van der Waals surface area contributed by atoms with E-state index in [1.165, 1.54) is 6.26 Å². The fourth-order valence-corrected chi connectivity index (χ4v) is 2.95. The summed E-state index contributed by atoms with van der Waals surface area (Å²) >= 11 is 0. The van der Waals surface area contributed by atoms with Gasteiger partial charge in [-0.2, -0.15) is 0 Å². The highest BCUT2D eigenvalue weighted by Gasteiger charge is 2.29. The molecule has 0 saturated carbocycles. The second-order valence-corrected chi connectivity index (χ2v) is 5.69. The Morgan fingerprint density at radius 3 is 2.80 bits per heavy atom. The monoisotopic (exact) mass is 279 g/mol. The molecule has 2 aliphatic heterocycles.